The number of hydrogen-bond acceptors (Lipinski definition) is 0. The fourth-order valence-electron chi connectivity index (χ4n) is 3.73. The van der Waals surface area contributed by atoms with Crippen LogP contribution in [0.3, 0.4) is 0 Å². The molecule has 0 aliphatic rings. The van der Waals surface area contributed by atoms with Crippen LogP contribution >= 0.6 is 0 Å². The fourth-order valence-corrected chi connectivity index (χ4v) is 11.5. The minimum absolute atomic E-state index is 0.946. The average molecular weight is 512 g/mol. The standard InChI is InChI=1S/C27H18AsF5/c29-23-22(24(30)26(32)27(33)25(23)31)17-10-18-28(19-11-4-1-5-12-19,20-13-6-2-7-14-20)21-15-8-3-9-16-21/h1-18H/b17-10+. The van der Waals surface area contributed by atoms with E-state index in [4.69, 9.17) is 0 Å². The second-order valence-corrected chi connectivity index (χ2v) is 14.1. The van der Waals surface area contributed by atoms with Gasteiger partial charge < -0.3 is 0 Å². The molecule has 0 nitrogen and oxygen atoms in total. The molecule has 6 heteroatoms. The average Bonchev–Trinajstić information content (AvgIpc) is 2.88. The van der Waals surface area contributed by atoms with Crippen LogP contribution in [0.5, 0.6) is 0 Å². The molecular weight excluding hydrogens is 494 g/mol. The number of benzene rings is 4. The first-order chi connectivity index (χ1) is 16.0. The maximum absolute atomic E-state index is 14.2. The van der Waals surface area contributed by atoms with E-state index in [0.29, 0.717) is 0 Å². The molecule has 0 atom stereocenters. The van der Waals surface area contributed by atoms with Gasteiger partial charge in [0.05, 0.1) is 0 Å². The van der Waals surface area contributed by atoms with Crippen LogP contribution in [-0.4, -0.2) is 17.9 Å². The molecule has 0 aliphatic heterocycles. The van der Waals surface area contributed by atoms with Gasteiger partial charge in [-0.3, -0.25) is 0 Å². The minimum atomic E-state index is -3.34. The quantitative estimate of drug-likeness (QED) is 0.154. The van der Waals surface area contributed by atoms with Gasteiger partial charge in [0.2, 0.25) is 0 Å². The molecule has 4 aromatic carbocycles. The van der Waals surface area contributed by atoms with Crippen molar-refractivity contribution in [3.8, 4) is 0 Å². The van der Waals surface area contributed by atoms with Crippen LogP contribution < -0.4 is 13.1 Å². The van der Waals surface area contributed by atoms with Crippen molar-refractivity contribution in [2.45, 2.75) is 0 Å². The number of halogens is 5. The molecule has 0 radical (unpaired) electrons. The van der Waals surface area contributed by atoms with E-state index in [1.54, 1.807) is 0 Å². The van der Waals surface area contributed by atoms with Crippen molar-refractivity contribution < 1.29 is 22.0 Å². The second-order valence-electron chi connectivity index (χ2n) is 7.22. The first-order valence-electron chi connectivity index (χ1n) is 10.1. The van der Waals surface area contributed by atoms with Crippen molar-refractivity contribution in [3.05, 3.63) is 132 Å². The SMILES string of the molecule is Fc1c(F)c(F)c(/C=C/C=[As](c2ccccc2)(c2ccccc2)c2ccccc2)c(F)c1F. The van der Waals surface area contributed by atoms with Crippen molar-refractivity contribution in [3.63, 3.8) is 0 Å². The summed E-state index contributed by atoms with van der Waals surface area (Å²) in [6, 6.07) is 29.2. The summed E-state index contributed by atoms with van der Waals surface area (Å²) in [6.45, 7) is 0. The molecule has 0 N–H and O–H groups in total. The Bertz CT molecular complexity index is 1220. The van der Waals surface area contributed by atoms with E-state index in [-0.39, 0.29) is 0 Å². The van der Waals surface area contributed by atoms with Crippen molar-refractivity contribution >= 4 is 37.0 Å². The van der Waals surface area contributed by atoms with E-state index in [9.17, 15) is 22.0 Å². The Hall–Kier alpha value is -3.30. The zero-order valence-corrected chi connectivity index (χ0v) is 19.1. The van der Waals surface area contributed by atoms with Crippen molar-refractivity contribution in [1.29, 1.82) is 0 Å². The van der Waals surface area contributed by atoms with E-state index >= 15 is 0 Å². The third kappa shape index (κ3) is 4.21. The molecular formula is C27H18AsF5. The predicted octanol–water partition coefficient (Wildman–Crippen LogP) is 4.95. The van der Waals surface area contributed by atoms with Crippen LogP contribution in [-0.2, 0) is 0 Å². The van der Waals surface area contributed by atoms with E-state index in [2.05, 4.69) is 0 Å². The molecule has 0 fully saturated rings. The van der Waals surface area contributed by atoms with Gasteiger partial charge in [0.15, 0.2) is 0 Å². The van der Waals surface area contributed by atoms with Gasteiger partial charge in [-0.2, -0.15) is 0 Å². The van der Waals surface area contributed by atoms with Gasteiger partial charge in [-0.15, -0.1) is 0 Å². The maximum atomic E-state index is 14.2. The van der Waals surface area contributed by atoms with Gasteiger partial charge in [0.1, 0.15) is 0 Å². The monoisotopic (exact) mass is 512 g/mol. The first kappa shape index (κ1) is 22.9. The Morgan fingerprint density at radius 1 is 0.455 bits per heavy atom. The summed E-state index contributed by atoms with van der Waals surface area (Å²) < 4.78 is 72.3. The molecule has 0 unspecified atom stereocenters. The van der Waals surface area contributed by atoms with Crippen LogP contribution in [0, 0.1) is 29.1 Å². The number of rotatable bonds is 5. The molecule has 0 spiro atoms. The molecule has 0 amide bonds. The summed E-state index contributed by atoms with van der Waals surface area (Å²) in [5, 5.41) is 0. The Labute approximate surface area is 190 Å². The van der Waals surface area contributed by atoms with Crippen molar-refractivity contribution in [2.24, 2.45) is 0 Å². The number of allylic oxidation sites excluding steroid dienone is 1. The van der Waals surface area contributed by atoms with E-state index in [1.165, 1.54) is 6.08 Å². The van der Waals surface area contributed by atoms with Crippen molar-refractivity contribution in [1.82, 2.24) is 0 Å². The summed E-state index contributed by atoms with van der Waals surface area (Å²) in [5.74, 6) is -9.81. The predicted molar refractivity (Wildman–Crippen MR) is 125 cm³/mol. The van der Waals surface area contributed by atoms with Gasteiger partial charge in [0, 0.05) is 0 Å². The fraction of sp³-hybridized carbons (Fsp3) is 0. The summed E-state index contributed by atoms with van der Waals surface area (Å²) in [5.41, 5.74) is -0.967. The van der Waals surface area contributed by atoms with Gasteiger partial charge in [0.25, 0.3) is 0 Å². The van der Waals surface area contributed by atoms with Crippen LogP contribution in [0.1, 0.15) is 5.56 Å². The normalized spacial score (nSPS) is 11.7. The molecule has 4 aromatic rings. The molecule has 0 bridgehead atoms. The Balaban J connectivity index is 2.01. The molecule has 166 valence electrons. The van der Waals surface area contributed by atoms with Gasteiger partial charge in [-0.1, -0.05) is 0 Å². The van der Waals surface area contributed by atoms with E-state index < -0.39 is 47.8 Å². The van der Waals surface area contributed by atoms with Gasteiger partial charge in [-0.25, -0.2) is 0 Å². The zero-order chi connectivity index (χ0) is 23.4. The molecule has 4 rings (SSSR count). The molecule has 33 heavy (non-hydrogen) atoms. The molecule has 0 aliphatic carbocycles. The van der Waals surface area contributed by atoms with Crippen LogP contribution in [0.15, 0.2) is 97.1 Å². The Morgan fingerprint density at radius 3 is 1.15 bits per heavy atom. The Morgan fingerprint density at radius 2 is 0.788 bits per heavy atom. The number of hydrogen-bond donors (Lipinski definition) is 0. The van der Waals surface area contributed by atoms with Crippen LogP contribution in [0.25, 0.3) is 6.08 Å². The molecule has 0 saturated heterocycles. The summed E-state index contributed by atoms with van der Waals surface area (Å²) in [4.78, 5) is 1.87. The van der Waals surface area contributed by atoms with E-state index in [1.807, 2.05) is 95.8 Å². The third-order valence-electron chi connectivity index (χ3n) is 5.31. The molecule has 0 saturated carbocycles. The topological polar surface area (TPSA) is 0 Å². The first-order valence-corrected chi connectivity index (χ1v) is 14.0. The van der Waals surface area contributed by atoms with Gasteiger partial charge >= 0.3 is 191 Å². The Kier molecular flexibility index (Phi) is 6.71. The van der Waals surface area contributed by atoms with Crippen molar-refractivity contribution in [2.75, 3.05) is 0 Å². The zero-order valence-electron chi connectivity index (χ0n) is 17.2. The molecule has 0 heterocycles. The van der Waals surface area contributed by atoms with Crippen LogP contribution in [0.2, 0.25) is 0 Å². The van der Waals surface area contributed by atoms with Gasteiger partial charge in [-0.05, 0) is 0 Å². The summed E-state index contributed by atoms with van der Waals surface area (Å²) in [7, 11) is 0. The molecule has 0 aromatic heterocycles. The third-order valence-corrected chi connectivity index (χ3v) is 13.6. The van der Waals surface area contributed by atoms with E-state index in [0.717, 1.165) is 19.1 Å². The summed E-state index contributed by atoms with van der Waals surface area (Å²) >= 11 is -3.34. The second kappa shape index (κ2) is 9.68. The van der Waals surface area contributed by atoms with Crippen LogP contribution in [0.4, 0.5) is 22.0 Å². The summed E-state index contributed by atoms with van der Waals surface area (Å²) in [6.07, 6.45) is 2.35.